The molecule has 0 aliphatic carbocycles. The van der Waals surface area contributed by atoms with Gasteiger partial charge in [0.1, 0.15) is 23.4 Å². The maximum absolute atomic E-state index is 13.7. The van der Waals surface area contributed by atoms with Crippen LogP contribution in [0.25, 0.3) is 0 Å². The number of ether oxygens (including phenoxy) is 1. The monoisotopic (exact) mass is 495 g/mol. The van der Waals surface area contributed by atoms with Crippen molar-refractivity contribution in [1.29, 1.82) is 0 Å². The Labute approximate surface area is 209 Å². The number of amides is 3. The average molecular weight is 496 g/mol. The van der Waals surface area contributed by atoms with Crippen LogP contribution in [0.1, 0.15) is 78.3 Å². The molecule has 0 radical (unpaired) electrons. The third kappa shape index (κ3) is 10.2. The van der Waals surface area contributed by atoms with Crippen molar-refractivity contribution in [2.45, 2.75) is 84.4 Å². The Hall–Kier alpha value is -2.42. The zero-order valence-electron chi connectivity index (χ0n) is 21.1. The molecule has 1 rings (SSSR count). The van der Waals surface area contributed by atoms with E-state index in [1.165, 1.54) is 17.0 Å². The lowest BCUT2D eigenvalue weighted by Gasteiger charge is -2.34. The number of aromatic hydroxyl groups is 1. The minimum Gasteiger partial charge on any atom is -0.508 e. The summed E-state index contributed by atoms with van der Waals surface area (Å²) in [5.74, 6) is -0.611. The maximum Gasteiger partial charge on any atom is 0.408 e. The van der Waals surface area contributed by atoms with Gasteiger partial charge in [0.15, 0.2) is 0 Å². The number of hydrogen-bond donors (Lipinski definition) is 4. The molecule has 0 saturated heterocycles. The number of thiol groups is 1. The number of carbonyl (C=O) groups excluding carboxylic acids is 3. The molecule has 0 bridgehead atoms. The molecule has 8 nitrogen and oxygen atoms in total. The van der Waals surface area contributed by atoms with Gasteiger partial charge in [0.25, 0.3) is 0 Å². The molecule has 0 aromatic heterocycles. The van der Waals surface area contributed by atoms with Gasteiger partial charge in [0.05, 0.1) is 0 Å². The number of nitrogens with zero attached hydrogens (tertiary/aromatic N) is 1. The lowest BCUT2D eigenvalue weighted by Crippen LogP contribution is -2.54. The van der Waals surface area contributed by atoms with Crippen molar-refractivity contribution in [2.75, 3.05) is 18.8 Å². The largest absolute Gasteiger partial charge is 0.508 e. The summed E-state index contributed by atoms with van der Waals surface area (Å²) in [7, 11) is 0. The highest BCUT2D eigenvalue weighted by molar-refractivity contribution is 7.80. The smallest absolute Gasteiger partial charge is 0.408 e. The van der Waals surface area contributed by atoms with Crippen LogP contribution in [0, 0.1) is 0 Å². The van der Waals surface area contributed by atoms with E-state index in [-0.39, 0.29) is 17.4 Å². The Morgan fingerprint density at radius 1 is 1.06 bits per heavy atom. The first-order chi connectivity index (χ1) is 16.0. The van der Waals surface area contributed by atoms with Crippen molar-refractivity contribution in [3.63, 3.8) is 0 Å². The fraction of sp³-hybridized carbons (Fsp3) is 0.640. The summed E-state index contributed by atoms with van der Waals surface area (Å²) in [6.07, 6.45) is 3.55. The molecule has 1 aromatic rings. The summed E-state index contributed by atoms with van der Waals surface area (Å²) < 4.78 is 5.31. The normalized spacial score (nSPS) is 13.0. The van der Waals surface area contributed by atoms with Crippen molar-refractivity contribution < 1.29 is 24.2 Å². The maximum atomic E-state index is 13.7. The summed E-state index contributed by atoms with van der Waals surface area (Å²) in [5, 5.41) is 15.3. The summed E-state index contributed by atoms with van der Waals surface area (Å²) in [4.78, 5) is 40.8. The van der Waals surface area contributed by atoms with Crippen LogP contribution in [0.4, 0.5) is 4.79 Å². The Bertz CT molecular complexity index is 780. The summed E-state index contributed by atoms with van der Waals surface area (Å²) in [5.41, 5.74) is -0.144. The fourth-order valence-electron chi connectivity index (χ4n) is 3.35. The van der Waals surface area contributed by atoms with E-state index >= 15 is 0 Å². The number of benzene rings is 1. The number of alkyl carbamates (subject to hydrolysis) is 1. The van der Waals surface area contributed by atoms with Crippen LogP contribution in [-0.2, 0) is 14.3 Å². The molecule has 0 saturated carbocycles. The Kier molecular flexibility index (Phi) is 12.9. The molecule has 34 heavy (non-hydrogen) atoms. The molecule has 0 aliphatic heterocycles. The molecule has 192 valence electrons. The average Bonchev–Trinajstić information content (AvgIpc) is 2.76. The Morgan fingerprint density at radius 2 is 1.68 bits per heavy atom. The third-order valence-electron chi connectivity index (χ3n) is 5.06. The van der Waals surface area contributed by atoms with Crippen LogP contribution in [0.3, 0.4) is 0 Å². The van der Waals surface area contributed by atoms with Gasteiger partial charge in [-0.05, 0) is 51.3 Å². The van der Waals surface area contributed by atoms with Crippen LogP contribution in [0.2, 0.25) is 0 Å². The standard InChI is InChI=1S/C25H41N3O5S/c1-6-8-10-16-28(23(31)20(17-34)27-24(32)33-25(3,4)5)21(22(30)26-15-9-7-2)18-11-13-19(29)14-12-18/h11-14,20-21,29,34H,6-10,15-17H2,1-5H3,(H,26,30)(H,27,32). The lowest BCUT2D eigenvalue weighted by atomic mass is 10.0. The van der Waals surface area contributed by atoms with Crippen LogP contribution in [0.5, 0.6) is 5.75 Å². The molecule has 2 unspecified atom stereocenters. The lowest BCUT2D eigenvalue weighted by molar-refractivity contribution is -0.142. The number of phenols is 1. The number of hydrogen-bond acceptors (Lipinski definition) is 6. The first-order valence-electron chi connectivity index (χ1n) is 12.0. The number of unbranched alkanes of at least 4 members (excludes halogenated alkanes) is 3. The van der Waals surface area contributed by atoms with Gasteiger partial charge in [-0.25, -0.2) is 4.79 Å². The third-order valence-corrected chi connectivity index (χ3v) is 5.42. The molecular weight excluding hydrogens is 454 g/mol. The summed E-state index contributed by atoms with van der Waals surface area (Å²) in [6.45, 7) is 10.1. The van der Waals surface area contributed by atoms with Gasteiger partial charge < -0.3 is 25.4 Å². The van der Waals surface area contributed by atoms with Crippen molar-refractivity contribution in [1.82, 2.24) is 15.5 Å². The topological polar surface area (TPSA) is 108 Å². The molecular formula is C25H41N3O5S. The van der Waals surface area contributed by atoms with Crippen LogP contribution in [-0.4, -0.2) is 58.4 Å². The molecule has 3 N–H and O–H groups in total. The highest BCUT2D eigenvalue weighted by atomic mass is 32.1. The van der Waals surface area contributed by atoms with E-state index in [0.29, 0.717) is 25.1 Å². The van der Waals surface area contributed by atoms with Gasteiger partial charge in [-0.15, -0.1) is 0 Å². The van der Waals surface area contributed by atoms with E-state index in [9.17, 15) is 19.5 Å². The highest BCUT2D eigenvalue weighted by Gasteiger charge is 2.35. The van der Waals surface area contributed by atoms with E-state index < -0.39 is 29.7 Å². The van der Waals surface area contributed by atoms with Gasteiger partial charge in [-0.3, -0.25) is 9.59 Å². The first-order valence-corrected chi connectivity index (χ1v) is 12.6. The van der Waals surface area contributed by atoms with E-state index in [1.807, 2.05) is 6.92 Å². The molecule has 0 fully saturated rings. The minimum atomic E-state index is -0.970. The molecule has 3 amide bonds. The molecule has 0 spiro atoms. The molecule has 0 aliphatic rings. The number of carbonyl (C=O) groups is 3. The molecule has 1 aromatic carbocycles. The van der Waals surface area contributed by atoms with Crippen molar-refractivity contribution in [3.8, 4) is 5.75 Å². The quantitative estimate of drug-likeness (QED) is 0.242. The van der Waals surface area contributed by atoms with E-state index in [0.717, 1.165) is 25.7 Å². The zero-order valence-corrected chi connectivity index (χ0v) is 22.0. The molecule has 2 atom stereocenters. The van der Waals surface area contributed by atoms with Gasteiger partial charge in [0.2, 0.25) is 11.8 Å². The zero-order chi connectivity index (χ0) is 25.7. The van der Waals surface area contributed by atoms with Crippen LogP contribution >= 0.6 is 12.6 Å². The predicted molar refractivity (Wildman–Crippen MR) is 137 cm³/mol. The van der Waals surface area contributed by atoms with Gasteiger partial charge in [-0.2, -0.15) is 12.6 Å². The first kappa shape index (κ1) is 29.6. The molecule has 9 heteroatoms. The fourth-order valence-corrected chi connectivity index (χ4v) is 3.60. The second-order valence-electron chi connectivity index (χ2n) is 9.26. The van der Waals surface area contributed by atoms with Crippen molar-refractivity contribution >= 4 is 30.5 Å². The number of nitrogens with one attached hydrogen (secondary N) is 2. The predicted octanol–water partition coefficient (Wildman–Crippen LogP) is 4.19. The van der Waals surface area contributed by atoms with Crippen molar-refractivity contribution in [3.05, 3.63) is 29.8 Å². The molecule has 0 heterocycles. The van der Waals surface area contributed by atoms with Crippen molar-refractivity contribution in [2.24, 2.45) is 0 Å². The minimum absolute atomic E-state index is 0.0438. The van der Waals surface area contributed by atoms with Crippen LogP contribution < -0.4 is 10.6 Å². The van der Waals surface area contributed by atoms with E-state index in [2.05, 4.69) is 30.2 Å². The van der Waals surface area contributed by atoms with E-state index in [4.69, 9.17) is 4.74 Å². The summed E-state index contributed by atoms with van der Waals surface area (Å²) >= 11 is 4.28. The second-order valence-corrected chi connectivity index (χ2v) is 9.62. The van der Waals surface area contributed by atoms with E-state index in [1.54, 1.807) is 32.9 Å². The number of rotatable bonds is 13. The number of phenolic OH excluding ortho intramolecular Hbond substituents is 1. The van der Waals surface area contributed by atoms with Gasteiger partial charge >= 0.3 is 6.09 Å². The Morgan fingerprint density at radius 3 is 2.21 bits per heavy atom. The van der Waals surface area contributed by atoms with Gasteiger partial charge in [0, 0.05) is 18.8 Å². The van der Waals surface area contributed by atoms with Crippen LogP contribution in [0.15, 0.2) is 24.3 Å². The Balaban J connectivity index is 3.30. The van der Waals surface area contributed by atoms with Gasteiger partial charge in [-0.1, -0.05) is 45.2 Å². The SMILES string of the molecule is CCCCCN(C(=O)C(CS)NC(=O)OC(C)(C)C)C(C(=O)NCCCC)c1ccc(O)cc1. The summed E-state index contributed by atoms with van der Waals surface area (Å²) in [6, 6.07) is 4.37. The second kappa shape index (κ2) is 14.8. The highest BCUT2D eigenvalue weighted by Crippen LogP contribution is 2.25.